The van der Waals surface area contributed by atoms with Crippen molar-refractivity contribution in [3.8, 4) is 0 Å². The lowest BCUT2D eigenvalue weighted by Crippen LogP contribution is -2.07. The van der Waals surface area contributed by atoms with E-state index in [1.54, 1.807) is 11.4 Å². The fourth-order valence-corrected chi connectivity index (χ4v) is 2.25. The van der Waals surface area contributed by atoms with Crippen molar-refractivity contribution in [3.05, 3.63) is 39.3 Å². The van der Waals surface area contributed by atoms with E-state index in [1.165, 1.54) is 11.5 Å². The summed E-state index contributed by atoms with van der Waals surface area (Å²) in [7, 11) is 0. The number of hydrogen-bond acceptors (Lipinski definition) is 4. The van der Waals surface area contributed by atoms with Crippen molar-refractivity contribution in [2.24, 2.45) is 0 Å². The fraction of sp³-hybridized carbons (Fsp3) is 0.200. The molecular formula is C10H7BrF3N3S. The number of benzene rings is 1. The molecule has 0 atom stereocenters. The Morgan fingerprint density at radius 3 is 2.67 bits per heavy atom. The minimum absolute atomic E-state index is 0.338. The summed E-state index contributed by atoms with van der Waals surface area (Å²) >= 11 is 4.25. The lowest BCUT2D eigenvalue weighted by Gasteiger charge is -2.11. The molecule has 0 spiro atoms. The predicted octanol–water partition coefficient (Wildman–Crippen LogP) is 3.93. The van der Waals surface area contributed by atoms with Gasteiger partial charge in [0.15, 0.2) is 0 Å². The molecule has 8 heteroatoms. The van der Waals surface area contributed by atoms with Crippen molar-refractivity contribution < 1.29 is 13.2 Å². The average Bonchev–Trinajstić information content (AvgIpc) is 2.77. The topological polar surface area (TPSA) is 37.8 Å². The Morgan fingerprint density at radius 2 is 2.06 bits per heavy atom. The van der Waals surface area contributed by atoms with Crippen LogP contribution in [-0.2, 0) is 12.7 Å². The third kappa shape index (κ3) is 3.42. The van der Waals surface area contributed by atoms with Gasteiger partial charge in [-0.05, 0) is 29.7 Å². The fourth-order valence-electron chi connectivity index (χ4n) is 1.31. The number of nitrogens with one attached hydrogen (secondary N) is 1. The van der Waals surface area contributed by atoms with Crippen LogP contribution in [-0.4, -0.2) is 9.59 Å². The first-order chi connectivity index (χ1) is 8.45. The van der Waals surface area contributed by atoms with Crippen LogP contribution in [0.5, 0.6) is 0 Å². The zero-order chi connectivity index (χ0) is 13.2. The number of rotatable bonds is 3. The van der Waals surface area contributed by atoms with Crippen molar-refractivity contribution in [2.45, 2.75) is 12.7 Å². The Kier molecular flexibility index (Phi) is 3.86. The third-order valence-corrected chi connectivity index (χ3v) is 3.12. The smallest absolute Gasteiger partial charge is 0.379 e. The molecule has 0 bridgehead atoms. The van der Waals surface area contributed by atoms with E-state index >= 15 is 0 Å². The van der Waals surface area contributed by atoms with Crippen molar-refractivity contribution in [1.82, 2.24) is 9.59 Å². The van der Waals surface area contributed by atoms with Gasteiger partial charge in [0.2, 0.25) is 0 Å². The van der Waals surface area contributed by atoms with Crippen LogP contribution in [0.2, 0.25) is 0 Å². The van der Waals surface area contributed by atoms with Gasteiger partial charge in [-0.15, -0.1) is 5.10 Å². The van der Waals surface area contributed by atoms with E-state index in [1.807, 2.05) is 0 Å². The molecule has 0 radical (unpaired) electrons. The van der Waals surface area contributed by atoms with Gasteiger partial charge in [-0.1, -0.05) is 20.4 Å². The molecule has 0 saturated carbocycles. The van der Waals surface area contributed by atoms with Crippen LogP contribution >= 0.6 is 27.5 Å². The molecule has 1 aromatic carbocycles. The summed E-state index contributed by atoms with van der Waals surface area (Å²) in [4.78, 5) is 0. The molecule has 0 aliphatic carbocycles. The van der Waals surface area contributed by atoms with Crippen molar-refractivity contribution >= 4 is 33.1 Å². The van der Waals surface area contributed by atoms with Crippen LogP contribution < -0.4 is 5.32 Å². The van der Waals surface area contributed by atoms with Crippen molar-refractivity contribution in [2.75, 3.05) is 5.32 Å². The molecule has 18 heavy (non-hydrogen) atoms. The second-order valence-corrected chi connectivity index (χ2v) is 5.00. The number of nitrogens with zero attached hydrogens (tertiary/aromatic N) is 2. The van der Waals surface area contributed by atoms with E-state index in [2.05, 4.69) is 30.8 Å². The van der Waals surface area contributed by atoms with E-state index in [9.17, 15) is 13.2 Å². The Bertz CT molecular complexity index is 528. The van der Waals surface area contributed by atoms with Gasteiger partial charge in [0.25, 0.3) is 0 Å². The molecular weight excluding hydrogens is 331 g/mol. The molecule has 0 aliphatic rings. The van der Waals surface area contributed by atoms with Gasteiger partial charge in [-0.25, -0.2) is 0 Å². The number of alkyl halides is 3. The first-order valence-corrected chi connectivity index (χ1v) is 6.46. The minimum atomic E-state index is -4.36. The molecule has 1 aromatic heterocycles. The van der Waals surface area contributed by atoms with Crippen LogP contribution in [0.15, 0.2) is 28.1 Å². The zero-order valence-electron chi connectivity index (χ0n) is 8.83. The highest BCUT2D eigenvalue weighted by atomic mass is 79.9. The Labute approximate surface area is 113 Å². The summed E-state index contributed by atoms with van der Waals surface area (Å²) in [6, 6.07) is 3.68. The minimum Gasteiger partial charge on any atom is -0.379 e. The van der Waals surface area contributed by atoms with Crippen LogP contribution in [0.4, 0.5) is 18.9 Å². The highest BCUT2D eigenvalue weighted by molar-refractivity contribution is 9.10. The van der Waals surface area contributed by atoms with E-state index in [0.717, 1.165) is 12.1 Å². The molecule has 0 saturated heterocycles. The van der Waals surface area contributed by atoms with Gasteiger partial charge in [0.1, 0.15) is 0 Å². The Balaban J connectivity index is 2.15. The molecule has 96 valence electrons. The van der Waals surface area contributed by atoms with Crippen molar-refractivity contribution in [1.29, 1.82) is 0 Å². The maximum absolute atomic E-state index is 12.6. The number of hydrogen-bond donors (Lipinski definition) is 1. The zero-order valence-corrected chi connectivity index (χ0v) is 11.2. The molecule has 2 rings (SSSR count). The second kappa shape index (κ2) is 5.23. The first kappa shape index (κ1) is 13.3. The molecule has 1 N–H and O–H groups in total. The summed E-state index contributed by atoms with van der Waals surface area (Å²) < 4.78 is 41.8. The first-order valence-electron chi connectivity index (χ1n) is 4.83. The SMILES string of the molecule is FC(F)(F)c1cc(Br)cc(NCc2csnn2)c1. The standard InChI is InChI=1S/C10H7BrF3N3S/c11-7-1-6(10(12,13)14)2-8(3-7)15-4-9-5-18-17-16-9/h1-3,5,15H,4H2. The van der Waals surface area contributed by atoms with Gasteiger partial charge in [0.05, 0.1) is 17.8 Å². The lowest BCUT2D eigenvalue weighted by atomic mass is 10.2. The predicted molar refractivity (Wildman–Crippen MR) is 66.4 cm³/mol. The highest BCUT2D eigenvalue weighted by Gasteiger charge is 2.31. The summed E-state index contributed by atoms with van der Waals surface area (Å²) in [6.07, 6.45) is -4.36. The largest absolute Gasteiger partial charge is 0.416 e. The van der Waals surface area contributed by atoms with Crippen LogP contribution in [0.1, 0.15) is 11.3 Å². The summed E-state index contributed by atoms with van der Waals surface area (Å²) in [5.41, 5.74) is 0.369. The number of halogens is 4. The molecule has 0 unspecified atom stereocenters. The summed E-state index contributed by atoms with van der Waals surface area (Å²) in [5, 5.41) is 8.40. The summed E-state index contributed by atoms with van der Waals surface area (Å²) in [5.74, 6) is 0. The quantitative estimate of drug-likeness (QED) is 0.921. The maximum atomic E-state index is 12.6. The molecule has 3 nitrogen and oxygen atoms in total. The monoisotopic (exact) mass is 337 g/mol. The van der Waals surface area contributed by atoms with E-state index < -0.39 is 11.7 Å². The van der Waals surface area contributed by atoms with E-state index in [0.29, 0.717) is 22.4 Å². The highest BCUT2D eigenvalue weighted by Crippen LogP contribution is 2.33. The van der Waals surface area contributed by atoms with Crippen LogP contribution in [0, 0.1) is 0 Å². The van der Waals surface area contributed by atoms with Gasteiger partial charge in [0, 0.05) is 15.5 Å². The van der Waals surface area contributed by atoms with Gasteiger partial charge in [-0.3, -0.25) is 0 Å². The summed E-state index contributed by atoms with van der Waals surface area (Å²) in [6.45, 7) is 0.338. The lowest BCUT2D eigenvalue weighted by molar-refractivity contribution is -0.137. The van der Waals surface area contributed by atoms with Crippen molar-refractivity contribution in [3.63, 3.8) is 0 Å². The van der Waals surface area contributed by atoms with Gasteiger partial charge >= 0.3 is 6.18 Å². The number of anilines is 1. The molecule has 0 fully saturated rings. The Hall–Kier alpha value is -1.15. The van der Waals surface area contributed by atoms with Crippen LogP contribution in [0.3, 0.4) is 0 Å². The molecule has 0 amide bonds. The van der Waals surface area contributed by atoms with Crippen LogP contribution in [0.25, 0.3) is 0 Å². The van der Waals surface area contributed by atoms with E-state index in [4.69, 9.17) is 0 Å². The van der Waals surface area contributed by atoms with E-state index in [-0.39, 0.29) is 0 Å². The average molecular weight is 338 g/mol. The molecule has 1 heterocycles. The Morgan fingerprint density at radius 1 is 1.28 bits per heavy atom. The molecule has 2 aromatic rings. The normalized spacial score (nSPS) is 11.6. The maximum Gasteiger partial charge on any atom is 0.416 e. The van der Waals surface area contributed by atoms with Gasteiger partial charge < -0.3 is 5.32 Å². The third-order valence-electron chi connectivity index (χ3n) is 2.10. The molecule has 0 aliphatic heterocycles. The second-order valence-electron chi connectivity index (χ2n) is 3.48. The number of aromatic nitrogens is 2. The van der Waals surface area contributed by atoms with Gasteiger partial charge in [-0.2, -0.15) is 13.2 Å².